The first-order valence-corrected chi connectivity index (χ1v) is 6.29. The fraction of sp³-hybridized carbons (Fsp3) is 1.00. The zero-order valence-electron chi connectivity index (χ0n) is 10.0. The zero-order valence-corrected chi connectivity index (χ0v) is 10.0. The normalized spacial score (nSPS) is 35.4. The first-order valence-electron chi connectivity index (χ1n) is 6.29. The lowest BCUT2D eigenvalue weighted by Gasteiger charge is -2.30. The highest BCUT2D eigenvalue weighted by Gasteiger charge is 2.35. The molecule has 1 aliphatic heterocycles. The molecule has 15 heavy (non-hydrogen) atoms. The smallest absolute Gasteiger partial charge is 0.0446 e. The second-order valence-electron chi connectivity index (χ2n) is 5.21. The molecule has 2 atom stereocenters. The van der Waals surface area contributed by atoms with Crippen molar-refractivity contribution in [3.05, 3.63) is 0 Å². The van der Waals surface area contributed by atoms with E-state index in [1.54, 1.807) is 0 Å². The molecular weight excluding hydrogens is 188 g/mol. The van der Waals surface area contributed by atoms with Crippen molar-refractivity contribution in [2.75, 3.05) is 26.7 Å². The van der Waals surface area contributed by atoms with Gasteiger partial charge in [-0.15, -0.1) is 0 Å². The molecule has 1 heterocycles. The third-order valence-electron chi connectivity index (χ3n) is 3.99. The molecule has 3 nitrogen and oxygen atoms in total. The van der Waals surface area contributed by atoms with Crippen LogP contribution in [0.5, 0.6) is 0 Å². The first-order chi connectivity index (χ1) is 7.22. The summed E-state index contributed by atoms with van der Waals surface area (Å²) < 4.78 is 0. The van der Waals surface area contributed by atoms with E-state index in [1.807, 2.05) is 0 Å². The van der Waals surface area contributed by atoms with Crippen LogP contribution in [0, 0.1) is 0 Å². The van der Waals surface area contributed by atoms with Gasteiger partial charge in [0, 0.05) is 31.3 Å². The average Bonchev–Trinajstić information content (AvgIpc) is 3.02. The maximum atomic E-state index is 9.09. The van der Waals surface area contributed by atoms with E-state index in [1.165, 1.54) is 25.8 Å². The fourth-order valence-electron chi connectivity index (χ4n) is 2.68. The van der Waals surface area contributed by atoms with Crippen LogP contribution in [0.2, 0.25) is 0 Å². The highest BCUT2D eigenvalue weighted by Crippen LogP contribution is 2.31. The molecule has 0 aromatic heterocycles. The highest BCUT2D eigenvalue weighted by atomic mass is 16.3. The number of hydrogen-bond acceptors (Lipinski definition) is 3. The van der Waals surface area contributed by atoms with E-state index in [0.717, 1.165) is 25.0 Å². The lowest BCUT2D eigenvalue weighted by Crippen LogP contribution is -2.42. The van der Waals surface area contributed by atoms with Crippen LogP contribution in [0.25, 0.3) is 0 Å². The number of aliphatic hydroxyl groups is 1. The Morgan fingerprint density at radius 1 is 1.27 bits per heavy atom. The summed E-state index contributed by atoms with van der Waals surface area (Å²) >= 11 is 0. The third-order valence-corrected chi connectivity index (χ3v) is 3.99. The van der Waals surface area contributed by atoms with Crippen LogP contribution in [0.1, 0.15) is 32.6 Å². The maximum Gasteiger partial charge on any atom is 0.0446 e. The van der Waals surface area contributed by atoms with Gasteiger partial charge < -0.3 is 10.0 Å². The summed E-state index contributed by atoms with van der Waals surface area (Å²) in [5.74, 6) is 0. The highest BCUT2D eigenvalue weighted by molar-refractivity contribution is 4.92. The van der Waals surface area contributed by atoms with Gasteiger partial charge in [0.2, 0.25) is 0 Å². The van der Waals surface area contributed by atoms with Gasteiger partial charge in [0.15, 0.2) is 0 Å². The summed E-state index contributed by atoms with van der Waals surface area (Å²) in [5.41, 5.74) is 0. The van der Waals surface area contributed by atoms with Gasteiger partial charge >= 0.3 is 0 Å². The lowest BCUT2D eigenvalue weighted by atomic mass is 10.1. The topological polar surface area (TPSA) is 26.7 Å². The molecule has 1 aliphatic carbocycles. The van der Waals surface area contributed by atoms with Gasteiger partial charge in [-0.25, -0.2) is 0 Å². The van der Waals surface area contributed by atoms with Gasteiger partial charge in [-0.2, -0.15) is 0 Å². The molecule has 2 aliphatic rings. The summed E-state index contributed by atoms with van der Waals surface area (Å²) in [5, 5.41) is 9.09. The molecule has 1 saturated carbocycles. The molecule has 1 N–H and O–H groups in total. The summed E-state index contributed by atoms with van der Waals surface area (Å²) in [6.45, 7) is 5.01. The first kappa shape index (κ1) is 11.4. The minimum absolute atomic E-state index is 0.321. The van der Waals surface area contributed by atoms with Crippen LogP contribution in [0.15, 0.2) is 0 Å². The van der Waals surface area contributed by atoms with Gasteiger partial charge in [-0.3, -0.25) is 4.90 Å². The predicted octanol–water partition coefficient (Wildman–Crippen LogP) is 0.926. The number of nitrogens with zero attached hydrogens (tertiary/aromatic N) is 2. The molecule has 0 amide bonds. The van der Waals surface area contributed by atoms with Gasteiger partial charge in [0.05, 0.1) is 0 Å². The largest absolute Gasteiger partial charge is 0.396 e. The van der Waals surface area contributed by atoms with Crippen LogP contribution in [0.3, 0.4) is 0 Å². The van der Waals surface area contributed by atoms with Gasteiger partial charge in [-0.05, 0) is 46.2 Å². The van der Waals surface area contributed by atoms with Crippen molar-refractivity contribution >= 4 is 0 Å². The number of rotatable bonds is 3. The van der Waals surface area contributed by atoms with Crippen molar-refractivity contribution in [1.82, 2.24) is 9.80 Å². The minimum Gasteiger partial charge on any atom is -0.396 e. The van der Waals surface area contributed by atoms with Crippen molar-refractivity contribution in [2.45, 2.75) is 50.7 Å². The number of hydrogen-bond donors (Lipinski definition) is 1. The molecule has 0 bridgehead atoms. The van der Waals surface area contributed by atoms with Crippen LogP contribution in [-0.4, -0.2) is 59.8 Å². The van der Waals surface area contributed by atoms with Gasteiger partial charge in [0.1, 0.15) is 0 Å². The monoisotopic (exact) mass is 212 g/mol. The maximum absolute atomic E-state index is 9.09. The molecule has 2 fully saturated rings. The van der Waals surface area contributed by atoms with Crippen LogP contribution in [0.4, 0.5) is 0 Å². The molecule has 1 saturated heterocycles. The molecule has 0 radical (unpaired) electrons. The van der Waals surface area contributed by atoms with E-state index in [9.17, 15) is 0 Å². The standard InChI is InChI=1S/C12H24N2O/c1-10-5-7-13(2)12(6-8-15)9-14(10)11-3-4-11/h10-12,15H,3-9H2,1-2H3. The summed E-state index contributed by atoms with van der Waals surface area (Å²) in [4.78, 5) is 5.10. The summed E-state index contributed by atoms with van der Waals surface area (Å²) in [6.07, 6.45) is 4.97. The van der Waals surface area contributed by atoms with Crippen molar-refractivity contribution in [3.8, 4) is 0 Å². The molecule has 2 rings (SSSR count). The zero-order chi connectivity index (χ0) is 10.8. The van der Waals surface area contributed by atoms with Crippen molar-refractivity contribution in [1.29, 1.82) is 0 Å². The second kappa shape index (κ2) is 4.81. The van der Waals surface area contributed by atoms with Crippen LogP contribution in [-0.2, 0) is 0 Å². The van der Waals surface area contributed by atoms with Crippen molar-refractivity contribution in [2.24, 2.45) is 0 Å². The second-order valence-corrected chi connectivity index (χ2v) is 5.21. The molecule has 0 spiro atoms. The van der Waals surface area contributed by atoms with E-state index < -0.39 is 0 Å². The molecule has 2 unspecified atom stereocenters. The van der Waals surface area contributed by atoms with Crippen molar-refractivity contribution < 1.29 is 5.11 Å². The number of likely N-dealkylation sites (N-methyl/N-ethyl adjacent to an activating group) is 1. The molecular formula is C12H24N2O. The molecule has 0 aromatic carbocycles. The third kappa shape index (κ3) is 2.71. The summed E-state index contributed by atoms with van der Waals surface area (Å²) in [7, 11) is 2.20. The van der Waals surface area contributed by atoms with Crippen molar-refractivity contribution in [3.63, 3.8) is 0 Å². The molecule has 88 valence electrons. The van der Waals surface area contributed by atoms with E-state index in [2.05, 4.69) is 23.8 Å². The Hall–Kier alpha value is -0.120. The number of aliphatic hydroxyl groups excluding tert-OH is 1. The van der Waals surface area contributed by atoms with E-state index >= 15 is 0 Å². The lowest BCUT2D eigenvalue weighted by molar-refractivity contribution is 0.147. The Labute approximate surface area is 93.1 Å². The van der Waals surface area contributed by atoms with Gasteiger partial charge in [0.25, 0.3) is 0 Å². The Morgan fingerprint density at radius 3 is 2.60 bits per heavy atom. The molecule has 0 aromatic rings. The van der Waals surface area contributed by atoms with Crippen LogP contribution < -0.4 is 0 Å². The van der Waals surface area contributed by atoms with E-state index in [-0.39, 0.29) is 0 Å². The minimum atomic E-state index is 0.321. The van der Waals surface area contributed by atoms with Crippen LogP contribution >= 0.6 is 0 Å². The Balaban J connectivity index is 1.98. The van der Waals surface area contributed by atoms with E-state index in [0.29, 0.717) is 12.6 Å². The SMILES string of the molecule is CC1CCN(C)C(CCO)CN1C1CC1. The quantitative estimate of drug-likeness (QED) is 0.754. The predicted molar refractivity (Wildman–Crippen MR) is 61.9 cm³/mol. The molecule has 3 heteroatoms. The van der Waals surface area contributed by atoms with E-state index in [4.69, 9.17) is 5.11 Å². The Morgan fingerprint density at radius 2 is 2.00 bits per heavy atom. The fourth-order valence-corrected chi connectivity index (χ4v) is 2.68. The average molecular weight is 212 g/mol. The Bertz CT molecular complexity index is 206. The summed E-state index contributed by atoms with van der Waals surface area (Å²) in [6, 6.07) is 2.14. The Kier molecular flexibility index (Phi) is 3.65. The van der Waals surface area contributed by atoms with Gasteiger partial charge in [-0.1, -0.05) is 0 Å².